The summed E-state index contributed by atoms with van der Waals surface area (Å²) in [6, 6.07) is 6.27. The van der Waals surface area contributed by atoms with Crippen LogP contribution in [-0.2, 0) is 11.2 Å². The van der Waals surface area contributed by atoms with Gasteiger partial charge in [0.1, 0.15) is 11.6 Å². The minimum atomic E-state index is -0.261. The van der Waals surface area contributed by atoms with Crippen LogP contribution < -0.4 is 0 Å². The molecule has 1 aromatic heterocycles. The zero-order valence-electron chi connectivity index (χ0n) is 11.6. The maximum Gasteiger partial charge on any atom is 0.199 e. The fraction of sp³-hybridized carbons (Fsp3) is 0.429. The van der Waals surface area contributed by atoms with E-state index in [0.29, 0.717) is 4.77 Å². The molecule has 1 saturated heterocycles. The summed E-state index contributed by atoms with van der Waals surface area (Å²) < 4.78 is 20.8. The molecular formula is C14H17FN4OS. The van der Waals surface area contributed by atoms with E-state index in [4.69, 9.17) is 17.0 Å². The quantitative estimate of drug-likeness (QED) is 0.877. The molecule has 0 radical (unpaired) electrons. The second-order valence-corrected chi connectivity index (χ2v) is 5.35. The number of benzene rings is 1. The zero-order valence-corrected chi connectivity index (χ0v) is 12.4. The molecule has 1 aromatic carbocycles. The van der Waals surface area contributed by atoms with Crippen molar-refractivity contribution in [3.8, 4) is 5.69 Å². The summed E-state index contributed by atoms with van der Waals surface area (Å²) in [5, 5.41) is 7.11. The van der Waals surface area contributed by atoms with Crippen LogP contribution in [0.2, 0.25) is 0 Å². The monoisotopic (exact) mass is 308 g/mol. The van der Waals surface area contributed by atoms with Gasteiger partial charge < -0.3 is 4.74 Å². The van der Waals surface area contributed by atoms with Gasteiger partial charge in [-0.3, -0.25) is 14.6 Å². The van der Waals surface area contributed by atoms with Gasteiger partial charge in [-0.2, -0.15) is 5.10 Å². The normalized spacial score (nSPS) is 16.2. The van der Waals surface area contributed by atoms with E-state index in [1.54, 1.807) is 12.1 Å². The second kappa shape index (κ2) is 6.46. The van der Waals surface area contributed by atoms with Crippen LogP contribution in [-0.4, -0.2) is 52.5 Å². The van der Waals surface area contributed by atoms with Crippen molar-refractivity contribution in [2.24, 2.45) is 0 Å². The zero-order chi connectivity index (χ0) is 14.7. The Labute approximate surface area is 127 Å². The number of aromatic amines is 1. The number of nitrogens with zero attached hydrogens (tertiary/aromatic N) is 3. The Hall–Kier alpha value is -1.57. The summed E-state index contributed by atoms with van der Waals surface area (Å²) in [6.07, 6.45) is 0.782. The summed E-state index contributed by atoms with van der Waals surface area (Å²) in [5.41, 5.74) is 0.826. The number of ether oxygens (including phenoxy) is 1. The maximum atomic E-state index is 13.0. The molecule has 0 atom stereocenters. The summed E-state index contributed by atoms with van der Waals surface area (Å²) in [5.74, 6) is 0.599. The van der Waals surface area contributed by atoms with Gasteiger partial charge in [0.25, 0.3) is 0 Å². The van der Waals surface area contributed by atoms with E-state index in [1.165, 1.54) is 12.1 Å². The van der Waals surface area contributed by atoms with Crippen molar-refractivity contribution >= 4 is 12.2 Å². The highest BCUT2D eigenvalue weighted by Crippen LogP contribution is 2.13. The largest absolute Gasteiger partial charge is 0.379 e. The van der Waals surface area contributed by atoms with E-state index in [-0.39, 0.29) is 5.82 Å². The molecular weight excluding hydrogens is 291 g/mol. The standard InChI is InChI=1S/C14H17FN4OS/c15-11-1-3-12(4-2-11)19-13(16-17-14(19)21)5-6-18-7-9-20-10-8-18/h1-4H,5-10H2,(H,17,21). The number of H-pyrrole nitrogens is 1. The van der Waals surface area contributed by atoms with Crippen molar-refractivity contribution < 1.29 is 9.13 Å². The Kier molecular flexibility index (Phi) is 4.42. The van der Waals surface area contributed by atoms with E-state index >= 15 is 0 Å². The number of aromatic nitrogens is 3. The first-order valence-corrected chi connectivity index (χ1v) is 7.37. The van der Waals surface area contributed by atoms with Crippen molar-refractivity contribution in [1.29, 1.82) is 0 Å². The lowest BCUT2D eigenvalue weighted by atomic mass is 10.3. The molecule has 1 aliphatic rings. The molecule has 0 aliphatic carbocycles. The first-order valence-electron chi connectivity index (χ1n) is 6.96. The Balaban J connectivity index is 1.77. The van der Waals surface area contributed by atoms with Crippen molar-refractivity contribution in [1.82, 2.24) is 19.7 Å². The van der Waals surface area contributed by atoms with Gasteiger partial charge in [-0.15, -0.1) is 0 Å². The van der Waals surface area contributed by atoms with Gasteiger partial charge in [0.15, 0.2) is 4.77 Å². The molecule has 2 aromatic rings. The molecule has 1 N–H and O–H groups in total. The minimum absolute atomic E-state index is 0.261. The number of rotatable bonds is 4. The van der Waals surface area contributed by atoms with Crippen LogP contribution in [0.5, 0.6) is 0 Å². The van der Waals surface area contributed by atoms with Crippen LogP contribution in [0.25, 0.3) is 5.69 Å². The molecule has 0 bridgehead atoms. The van der Waals surface area contributed by atoms with Crippen LogP contribution in [0.1, 0.15) is 5.82 Å². The van der Waals surface area contributed by atoms with Crippen LogP contribution in [0.3, 0.4) is 0 Å². The van der Waals surface area contributed by atoms with Gasteiger partial charge in [0.05, 0.1) is 13.2 Å². The molecule has 21 heavy (non-hydrogen) atoms. The lowest BCUT2D eigenvalue weighted by Gasteiger charge is -2.26. The SMILES string of the molecule is Fc1ccc(-n2c(CCN3CCOCC3)n[nH]c2=S)cc1. The highest BCUT2D eigenvalue weighted by atomic mass is 32.1. The Bertz CT molecular complexity index is 646. The van der Waals surface area contributed by atoms with Crippen LogP contribution in [0, 0.1) is 10.6 Å². The van der Waals surface area contributed by atoms with Gasteiger partial charge in [-0.1, -0.05) is 0 Å². The fourth-order valence-electron chi connectivity index (χ4n) is 2.44. The molecule has 0 unspecified atom stereocenters. The Morgan fingerprint density at radius 2 is 1.95 bits per heavy atom. The summed E-state index contributed by atoms with van der Waals surface area (Å²) >= 11 is 5.28. The van der Waals surface area contributed by atoms with E-state index in [1.807, 2.05) is 4.57 Å². The van der Waals surface area contributed by atoms with Crippen molar-refractivity contribution in [2.75, 3.05) is 32.8 Å². The number of nitrogens with one attached hydrogen (secondary N) is 1. The number of morpholine rings is 1. The predicted molar refractivity (Wildman–Crippen MR) is 79.7 cm³/mol. The molecule has 1 fully saturated rings. The molecule has 112 valence electrons. The highest BCUT2D eigenvalue weighted by molar-refractivity contribution is 7.71. The van der Waals surface area contributed by atoms with Crippen molar-refractivity contribution in [3.05, 3.63) is 40.7 Å². The minimum Gasteiger partial charge on any atom is -0.379 e. The molecule has 3 rings (SSSR count). The first kappa shape index (κ1) is 14.4. The third kappa shape index (κ3) is 3.37. The van der Waals surface area contributed by atoms with Gasteiger partial charge in [0.2, 0.25) is 0 Å². The second-order valence-electron chi connectivity index (χ2n) is 4.96. The van der Waals surface area contributed by atoms with E-state index in [9.17, 15) is 4.39 Å². The average molecular weight is 308 g/mol. The molecule has 7 heteroatoms. The third-order valence-electron chi connectivity index (χ3n) is 3.58. The fourth-order valence-corrected chi connectivity index (χ4v) is 2.69. The summed E-state index contributed by atoms with van der Waals surface area (Å²) in [6.45, 7) is 4.36. The molecule has 0 amide bonds. The number of hydrogen-bond acceptors (Lipinski definition) is 4. The third-order valence-corrected chi connectivity index (χ3v) is 3.86. The molecule has 2 heterocycles. The van der Waals surface area contributed by atoms with Crippen LogP contribution >= 0.6 is 12.2 Å². The summed E-state index contributed by atoms with van der Waals surface area (Å²) in [4.78, 5) is 2.34. The van der Waals surface area contributed by atoms with Gasteiger partial charge in [-0.05, 0) is 36.5 Å². The topological polar surface area (TPSA) is 46.1 Å². The van der Waals surface area contributed by atoms with E-state index < -0.39 is 0 Å². The van der Waals surface area contributed by atoms with Crippen molar-refractivity contribution in [3.63, 3.8) is 0 Å². The van der Waals surface area contributed by atoms with Gasteiger partial charge in [-0.25, -0.2) is 4.39 Å². The van der Waals surface area contributed by atoms with Gasteiger partial charge >= 0.3 is 0 Å². The molecule has 0 spiro atoms. The van der Waals surface area contributed by atoms with Crippen molar-refractivity contribution in [2.45, 2.75) is 6.42 Å². The van der Waals surface area contributed by atoms with Gasteiger partial charge in [0, 0.05) is 31.7 Å². The highest BCUT2D eigenvalue weighted by Gasteiger charge is 2.13. The lowest BCUT2D eigenvalue weighted by molar-refractivity contribution is 0.0382. The van der Waals surface area contributed by atoms with E-state index in [0.717, 1.165) is 50.8 Å². The first-order chi connectivity index (χ1) is 10.2. The molecule has 0 saturated carbocycles. The average Bonchev–Trinajstić information content (AvgIpc) is 2.88. The van der Waals surface area contributed by atoms with Crippen LogP contribution in [0.4, 0.5) is 4.39 Å². The smallest absolute Gasteiger partial charge is 0.199 e. The number of hydrogen-bond donors (Lipinski definition) is 1. The Morgan fingerprint density at radius 3 is 2.67 bits per heavy atom. The predicted octanol–water partition coefficient (Wildman–Crippen LogP) is 1.94. The summed E-state index contributed by atoms with van der Waals surface area (Å²) in [7, 11) is 0. The van der Waals surface area contributed by atoms with E-state index in [2.05, 4.69) is 15.1 Å². The Morgan fingerprint density at radius 1 is 1.24 bits per heavy atom. The number of halogens is 1. The molecule has 1 aliphatic heterocycles. The maximum absolute atomic E-state index is 13.0. The van der Waals surface area contributed by atoms with Crippen LogP contribution in [0.15, 0.2) is 24.3 Å². The molecule has 5 nitrogen and oxygen atoms in total. The lowest BCUT2D eigenvalue weighted by Crippen LogP contribution is -2.37.